The Labute approximate surface area is 126 Å². The van der Waals surface area contributed by atoms with Crippen LogP contribution in [0.15, 0.2) is 48.7 Å². The summed E-state index contributed by atoms with van der Waals surface area (Å²) >= 11 is 0. The van der Waals surface area contributed by atoms with E-state index in [1.54, 1.807) is 0 Å². The number of imidazole rings is 1. The monoisotopic (exact) mass is 287 g/mol. The van der Waals surface area contributed by atoms with Crippen molar-refractivity contribution in [1.82, 2.24) is 15.0 Å². The van der Waals surface area contributed by atoms with Crippen molar-refractivity contribution < 1.29 is 0 Å². The van der Waals surface area contributed by atoms with Gasteiger partial charge in [0.1, 0.15) is 0 Å². The molecule has 0 saturated carbocycles. The van der Waals surface area contributed by atoms with Crippen LogP contribution in [-0.4, -0.2) is 15.0 Å². The lowest BCUT2D eigenvalue weighted by Gasteiger charge is -2.01. The van der Waals surface area contributed by atoms with Crippen molar-refractivity contribution in [3.8, 4) is 6.07 Å². The van der Waals surface area contributed by atoms with Crippen molar-refractivity contribution in [2.45, 2.75) is 6.54 Å². The number of aromatic amines is 2. The second-order valence-corrected chi connectivity index (χ2v) is 5.14. The van der Waals surface area contributed by atoms with E-state index in [1.807, 2.05) is 48.7 Å². The molecular weight excluding hydrogens is 274 g/mol. The average molecular weight is 287 g/mol. The minimum atomic E-state index is 0.658. The Balaban J connectivity index is 1.60. The minimum Gasteiger partial charge on any atom is -0.361 e. The van der Waals surface area contributed by atoms with E-state index in [0.29, 0.717) is 12.1 Å². The molecule has 0 saturated heterocycles. The van der Waals surface area contributed by atoms with Gasteiger partial charge in [-0.25, -0.2) is 4.98 Å². The third kappa shape index (κ3) is 2.07. The van der Waals surface area contributed by atoms with Crippen LogP contribution >= 0.6 is 0 Å². The molecule has 2 aromatic heterocycles. The highest BCUT2D eigenvalue weighted by atomic mass is 15.1. The number of nitrogens with one attached hydrogen (secondary N) is 3. The summed E-state index contributed by atoms with van der Waals surface area (Å²) < 4.78 is 0. The first-order valence-corrected chi connectivity index (χ1v) is 7.02. The Morgan fingerprint density at radius 3 is 2.91 bits per heavy atom. The van der Waals surface area contributed by atoms with E-state index in [9.17, 15) is 0 Å². The zero-order valence-electron chi connectivity index (χ0n) is 11.7. The molecule has 0 bridgehead atoms. The van der Waals surface area contributed by atoms with Gasteiger partial charge in [-0.1, -0.05) is 18.2 Å². The van der Waals surface area contributed by atoms with Gasteiger partial charge >= 0.3 is 0 Å². The zero-order valence-corrected chi connectivity index (χ0v) is 11.7. The molecule has 0 unspecified atom stereocenters. The Morgan fingerprint density at radius 1 is 1.14 bits per heavy atom. The number of hydrogen-bond donors (Lipinski definition) is 3. The molecule has 0 radical (unpaired) electrons. The Morgan fingerprint density at radius 2 is 2.05 bits per heavy atom. The molecule has 5 nitrogen and oxygen atoms in total. The van der Waals surface area contributed by atoms with Crippen molar-refractivity contribution in [2.24, 2.45) is 0 Å². The molecule has 0 aliphatic carbocycles. The number of aromatic nitrogens is 3. The molecule has 5 heteroatoms. The first-order valence-electron chi connectivity index (χ1n) is 7.02. The second kappa shape index (κ2) is 4.93. The maximum Gasteiger partial charge on any atom is 0.201 e. The summed E-state index contributed by atoms with van der Waals surface area (Å²) in [4.78, 5) is 11.0. The van der Waals surface area contributed by atoms with Crippen molar-refractivity contribution >= 4 is 27.9 Å². The molecule has 106 valence electrons. The minimum absolute atomic E-state index is 0.658. The second-order valence-electron chi connectivity index (χ2n) is 5.14. The lowest BCUT2D eigenvalue weighted by atomic mass is 10.1. The standard InChI is InChI=1S/C17H13N5/c18-8-11-5-6-13-12(9-19-16(13)7-11)10-20-17-21-14-3-1-2-4-15(14)22-17/h1-7,9,19H,10H2,(H2,20,21,22). The molecule has 22 heavy (non-hydrogen) atoms. The smallest absolute Gasteiger partial charge is 0.201 e. The predicted molar refractivity (Wildman–Crippen MR) is 86.4 cm³/mol. The molecule has 0 aliphatic rings. The van der Waals surface area contributed by atoms with E-state index in [1.165, 1.54) is 0 Å². The number of fused-ring (bicyclic) bond motifs is 2. The highest BCUT2D eigenvalue weighted by Crippen LogP contribution is 2.21. The number of nitrogens with zero attached hydrogens (tertiary/aromatic N) is 2. The summed E-state index contributed by atoms with van der Waals surface area (Å²) in [6, 6.07) is 15.8. The van der Waals surface area contributed by atoms with Crippen LogP contribution in [0.4, 0.5) is 5.95 Å². The third-order valence-corrected chi connectivity index (χ3v) is 3.73. The van der Waals surface area contributed by atoms with Gasteiger partial charge in [0.15, 0.2) is 0 Å². The van der Waals surface area contributed by atoms with Crippen molar-refractivity contribution in [2.75, 3.05) is 5.32 Å². The fourth-order valence-electron chi connectivity index (χ4n) is 2.62. The maximum absolute atomic E-state index is 8.94. The number of benzene rings is 2. The summed E-state index contributed by atoms with van der Waals surface area (Å²) in [7, 11) is 0. The number of rotatable bonds is 3. The first-order chi connectivity index (χ1) is 10.8. The van der Waals surface area contributed by atoms with Gasteiger partial charge in [0, 0.05) is 23.6 Å². The van der Waals surface area contributed by atoms with Gasteiger partial charge in [0.2, 0.25) is 5.95 Å². The summed E-state index contributed by atoms with van der Waals surface area (Å²) in [5.74, 6) is 0.754. The number of hydrogen-bond acceptors (Lipinski definition) is 3. The molecule has 0 atom stereocenters. The van der Waals surface area contributed by atoms with E-state index in [0.717, 1.165) is 33.4 Å². The van der Waals surface area contributed by atoms with Gasteiger partial charge in [-0.2, -0.15) is 5.26 Å². The number of anilines is 1. The van der Waals surface area contributed by atoms with Gasteiger partial charge < -0.3 is 15.3 Å². The molecule has 2 aromatic carbocycles. The molecule has 3 N–H and O–H groups in total. The summed E-state index contributed by atoms with van der Waals surface area (Å²) in [5.41, 5.74) is 4.73. The highest BCUT2D eigenvalue weighted by molar-refractivity contribution is 5.84. The first kappa shape index (κ1) is 12.5. The summed E-state index contributed by atoms with van der Waals surface area (Å²) in [6.45, 7) is 0.658. The van der Waals surface area contributed by atoms with Crippen LogP contribution in [0.25, 0.3) is 21.9 Å². The number of para-hydroxylation sites is 2. The highest BCUT2D eigenvalue weighted by Gasteiger charge is 2.06. The molecule has 0 amide bonds. The van der Waals surface area contributed by atoms with Crippen LogP contribution in [0.3, 0.4) is 0 Å². The number of H-pyrrole nitrogens is 2. The van der Waals surface area contributed by atoms with Gasteiger partial charge in [-0.3, -0.25) is 0 Å². The molecule has 0 spiro atoms. The topological polar surface area (TPSA) is 80.3 Å². The van der Waals surface area contributed by atoms with Crippen molar-refractivity contribution in [3.63, 3.8) is 0 Å². The fraction of sp³-hybridized carbons (Fsp3) is 0.0588. The molecule has 0 fully saturated rings. The van der Waals surface area contributed by atoms with Crippen LogP contribution in [0.2, 0.25) is 0 Å². The van der Waals surface area contributed by atoms with Crippen LogP contribution in [0.5, 0.6) is 0 Å². The number of nitriles is 1. The quantitative estimate of drug-likeness (QED) is 0.539. The SMILES string of the molecule is N#Cc1ccc2c(CNc3nc4ccccc4[nH]3)c[nH]c2c1. The van der Waals surface area contributed by atoms with E-state index >= 15 is 0 Å². The third-order valence-electron chi connectivity index (χ3n) is 3.73. The Kier molecular flexibility index (Phi) is 2.80. The normalized spacial score (nSPS) is 10.9. The van der Waals surface area contributed by atoms with Crippen LogP contribution < -0.4 is 5.32 Å². The Bertz CT molecular complexity index is 970. The van der Waals surface area contributed by atoms with E-state index in [2.05, 4.69) is 26.3 Å². The van der Waals surface area contributed by atoms with Crippen molar-refractivity contribution in [3.05, 3.63) is 59.8 Å². The summed E-state index contributed by atoms with van der Waals surface area (Å²) in [5, 5.41) is 13.4. The van der Waals surface area contributed by atoms with E-state index < -0.39 is 0 Å². The lowest BCUT2D eigenvalue weighted by molar-refractivity contribution is 1.11. The average Bonchev–Trinajstić information content (AvgIpc) is 3.15. The molecule has 0 aliphatic heterocycles. The van der Waals surface area contributed by atoms with Gasteiger partial charge in [0.05, 0.1) is 22.7 Å². The van der Waals surface area contributed by atoms with Gasteiger partial charge in [0.25, 0.3) is 0 Å². The lowest BCUT2D eigenvalue weighted by Crippen LogP contribution is -2.00. The van der Waals surface area contributed by atoms with Crippen LogP contribution in [0.1, 0.15) is 11.1 Å². The molecule has 4 aromatic rings. The largest absolute Gasteiger partial charge is 0.361 e. The van der Waals surface area contributed by atoms with Crippen LogP contribution in [0, 0.1) is 11.3 Å². The molecular formula is C17H13N5. The van der Waals surface area contributed by atoms with Gasteiger partial charge in [-0.05, 0) is 29.8 Å². The van der Waals surface area contributed by atoms with Gasteiger partial charge in [-0.15, -0.1) is 0 Å². The predicted octanol–water partition coefficient (Wildman–Crippen LogP) is 3.53. The fourth-order valence-corrected chi connectivity index (χ4v) is 2.62. The van der Waals surface area contributed by atoms with E-state index in [-0.39, 0.29) is 0 Å². The maximum atomic E-state index is 8.94. The molecule has 2 heterocycles. The zero-order chi connectivity index (χ0) is 14.9. The summed E-state index contributed by atoms with van der Waals surface area (Å²) in [6.07, 6.45) is 1.96. The Hall–Kier alpha value is -3.26. The molecule has 4 rings (SSSR count). The van der Waals surface area contributed by atoms with E-state index in [4.69, 9.17) is 5.26 Å². The van der Waals surface area contributed by atoms with Crippen molar-refractivity contribution in [1.29, 1.82) is 5.26 Å². The van der Waals surface area contributed by atoms with Crippen LogP contribution in [-0.2, 0) is 6.54 Å².